The molecule has 0 saturated carbocycles. The van der Waals surface area contributed by atoms with Crippen LogP contribution in [-0.2, 0) is 6.18 Å². The number of pyridine rings is 2. The Balaban J connectivity index is 1.68. The van der Waals surface area contributed by atoms with E-state index in [2.05, 4.69) is 16.0 Å². The van der Waals surface area contributed by atoms with E-state index >= 15 is 0 Å². The Bertz CT molecular complexity index is 1590. The minimum atomic E-state index is -4.50. The van der Waals surface area contributed by atoms with Gasteiger partial charge in [-0.05, 0) is 53.4 Å². The fourth-order valence-corrected chi connectivity index (χ4v) is 4.47. The Morgan fingerprint density at radius 2 is 1.56 bits per heavy atom. The van der Waals surface area contributed by atoms with E-state index in [-0.39, 0.29) is 5.92 Å². The van der Waals surface area contributed by atoms with Crippen LogP contribution in [0.1, 0.15) is 39.6 Å². The van der Waals surface area contributed by atoms with Gasteiger partial charge in [0.05, 0.1) is 5.52 Å². The largest absolute Gasteiger partial charge is 0.433 e. The van der Waals surface area contributed by atoms with Crippen LogP contribution in [-0.4, -0.2) is 9.97 Å². The van der Waals surface area contributed by atoms with E-state index in [0.29, 0.717) is 16.8 Å². The third-order valence-electron chi connectivity index (χ3n) is 6.15. The molecule has 1 unspecified atom stereocenters. The smallest absolute Gasteiger partial charge is 0.251 e. The molecule has 3 aromatic carbocycles. The van der Waals surface area contributed by atoms with Gasteiger partial charge in [-0.2, -0.15) is 18.4 Å². The molecular formula is C30H20F3N3. The molecule has 5 rings (SSSR count). The van der Waals surface area contributed by atoms with E-state index in [1.54, 1.807) is 0 Å². The molecule has 2 heterocycles. The number of aryl methyl sites for hydroxylation is 1. The number of hydrogen-bond donors (Lipinski definition) is 0. The molecule has 0 amide bonds. The third-order valence-corrected chi connectivity index (χ3v) is 6.15. The predicted molar refractivity (Wildman–Crippen MR) is 133 cm³/mol. The van der Waals surface area contributed by atoms with Gasteiger partial charge in [-0.25, -0.2) is 4.98 Å². The molecule has 5 aromatic rings. The minimum Gasteiger partial charge on any atom is -0.251 e. The normalized spacial score (nSPS) is 12.3. The van der Waals surface area contributed by atoms with E-state index in [0.717, 1.165) is 39.3 Å². The van der Waals surface area contributed by atoms with Crippen LogP contribution in [0.4, 0.5) is 13.2 Å². The molecule has 0 aliphatic heterocycles. The number of nitrogens with zero attached hydrogens (tertiary/aromatic N) is 3. The van der Waals surface area contributed by atoms with Gasteiger partial charge in [0.2, 0.25) is 0 Å². The Morgan fingerprint density at radius 1 is 0.806 bits per heavy atom. The Hall–Kier alpha value is -4.50. The summed E-state index contributed by atoms with van der Waals surface area (Å²) in [4.78, 5) is 8.28. The highest BCUT2D eigenvalue weighted by atomic mass is 19.4. The summed E-state index contributed by atoms with van der Waals surface area (Å²) >= 11 is 0. The summed E-state index contributed by atoms with van der Waals surface area (Å²) in [5.41, 5.74) is 5.23. The molecule has 36 heavy (non-hydrogen) atoms. The van der Waals surface area contributed by atoms with Crippen molar-refractivity contribution < 1.29 is 13.2 Å². The van der Waals surface area contributed by atoms with Gasteiger partial charge < -0.3 is 0 Å². The summed E-state index contributed by atoms with van der Waals surface area (Å²) in [7, 11) is 0. The number of alkyl halides is 3. The number of hydrogen-bond acceptors (Lipinski definition) is 3. The van der Waals surface area contributed by atoms with Gasteiger partial charge in [0, 0.05) is 23.1 Å². The van der Waals surface area contributed by atoms with Gasteiger partial charge in [-0.3, -0.25) is 4.98 Å². The molecule has 0 N–H and O–H groups in total. The van der Waals surface area contributed by atoms with Gasteiger partial charge in [-0.15, -0.1) is 0 Å². The zero-order valence-corrected chi connectivity index (χ0v) is 19.3. The van der Waals surface area contributed by atoms with E-state index in [4.69, 9.17) is 0 Å². The second-order valence-corrected chi connectivity index (χ2v) is 8.64. The second kappa shape index (κ2) is 9.27. The van der Waals surface area contributed by atoms with Gasteiger partial charge >= 0.3 is 6.18 Å². The molecule has 0 radical (unpaired) electrons. The fraction of sp³-hybridized carbons (Fsp3) is 0.100. The second-order valence-electron chi connectivity index (χ2n) is 8.64. The van der Waals surface area contributed by atoms with Crippen molar-refractivity contribution in [3.63, 3.8) is 0 Å². The molecule has 0 spiro atoms. The minimum absolute atomic E-state index is 0.333. The standard InChI is InChI=1S/C30H20F3N3/c1-19-6-5-9-21(14-19)29(23-11-13-28(35-18-23)30(31,32)33)22-10-12-26-24(15-22)16-25(27(17-34)36-26)20-7-3-2-4-8-20/h2-16,18,29H,1H3. The van der Waals surface area contributed by atoms with Gasteiger partial charge in [0.1, 0.15) is 17.5 Å². The number of rotatable bonds is 4. The van der Waals surface area contributed by atoms with Crippen LogP contribution in [0, 0.1) is 18.3 Å². The lowest BCUT2D eigenvalue weighted by Gasteiger charge is -2.20. The molecule has 0 aliphatic carbocycles. The van der Waals surface area contributed by atoms with E-state index in [9.17, 15) is 18.4 Å². The molecule has 6 heteroatoms. The van der Waals surface area contributed by atoms with Crippen molar-refractivity contribution in [3.8, 4) is 17.2 Å². The number of aromatic nitrogens is 2. The van der Waals surface area contributed by atoms with Crippen LogP contribution >= 0.6 is 0 Å². The van der Waals surface area contributed by atoms with Crippen molar-refractivity contribution in [2.45, 2.75) is 19.0 Å². The van der Waals surface area contributed by atoms with Crippen LogP contribution in [0.3, 0.4) is 0 Å². The first-order valence-corrected chi connectivity index (χ1v) is 11.3. The van der Waals surface area contributed by atoms with E-state index < -0.39 is 11.9 Å². The molecule has 0 aliphatic rings. The van der Waals surface area contributed by atoms with Crippen molar-refractivity contribution in [2.75, 3.05) is 0 Å². The first kappa shape index (κ1) is 23.3. The van der Waals surface area contributed by atoms with Crippen LogP contribution < -0.4 is 0 Å². The topological polar surface area (TPSA) is 49.6 Å². The number of benzene rings is 3. The number of nitriles is 1. The molecular weight excluding hydrogens is 459 g/mol. The average molecular weight is 480 g/mol. The van der Waals surface area contributed by atoms with Gasteiger partial charge in [0.15, 0.2) is 0 Å². The summed E-state index contributed by atoms with van der Waals surface area (Å²) < 4.78 is 39.4. The molecule has 0 bridgehead atoms. The first-order chi connectivity index (χ1) is 17.3. The predicted octanol–water partition coefficient (Wildman–Crippen LogP) is 7.68. The summed E-state index contributed by atoms with van der Waals surface area (Å²) in [6.07, 6.45) is -3.20. The Labute approximate surface area is 206 Å². The maximum absolute atomic E-state index is 13.1. The van der Waals surface area contributed by atoms with Crippen molar-refractivity contribution in [2.24, 2.45) is 0 Å². The Kier molecular flexibility index (Phi) is 5.99. The van der Waals surface area contributed by atoms with Crippen molar-refractivity contribution >= 4 is 10.9 Å². The van der Waals surface area contributed by atoms with Crippen molar-refractivity contribution in [1.29, 1.82) is 5.26 Å². The van der Waals surface area contributed by atoms with E-state index in [1.165, 1.54) is 12.3 Å². The lowest BCUT2D eigenvalue weighted by molar-refractivity contribution is -0.141. The summed E-state index contributed by atoms with van der Waals surface area (Å²) in [5, 5.41) is 10.5. The van der Waals surface area contributed by atoms with Crippen molar-refractivity contribution in [3.05, 3.63) is 131 Å². The monoisotopic (exact) mass is 479 g/mol. The van der Waals surface area contributed by atoms with Gasteiger partial charge in [0.25, 0.3) is 0 Å². The third kappa shape index (κ3) is 4.56. The fourth-order valence-electron chi connectivity index (χ4n) is 4.47. The van der Waals surface area contributed by atoms with Crippen LogP contribution in [0.25, 0.3) is 22.0 Å². The van der Waals surface area contributed by atoms with E-state index in [1.807, 2.05) is 85.8 Å². The zero-order valence-electron chi connectivity index (χ0n) is 19.3. The highest BCUT2D eigenvalue weighted by molar-refractivity contribution is 5.87. The lowest BCUT2D eigenvalue weighted by atomic mass is 9.84. The SMILES string of the molecule is Cc1cccc(C(c2ccc(C(F)(F)F)nc2)c2ccc3nc(C#N)c(-c4ccccc4)cc3c2)c1. The quantitative estimate of drug-likeness (QED) is 0.266. The van der Waals surface area contributed by atoms with Crippen molar-refractivity contribution in [1.82, 2.24) is 9.97 Å². The van der Waals surface area contributed by atoms with Gasteiger partial charge in [-0.1, -0.05) is 72.3 Å². The summed E-state index contributed by atoms with van der Waals surface area (Å²) in [6.45, 7) is 1.98. The summed E-state index contributed by atoms with van der Waals surface area (Å²) in [5.74, 6) is -0.333. The lowest BCUT2D eigenvalue weighted by Crippen LogP contribution is -2.10. The maximum atomic E-state index is 13.1. The van der Waals surface area contributed by atoms with Crippen LogP contribution in [0.5, 0.6) is 0 Å². The Morgan fingerprint density at radius 3 is 2.22 bits per heavy atom. The highest BCUT2D eigenvalue weighted by Crippen LogP contribution is 2.36. The molecule has 0 fully saturated rings. The average Bonchev–Trinajstić information content (AvgIpc) is 2.88. The highest BCUT2D eigenvalue weighted by Gasteiger charge is 2.32. The number of halogens is 3. The molecule has 2 aromatic heterocycles. The molecule has 176 valence electrons. The maximum Gasteiger partial charge on any atom is 0.433 e. The first-order valence-electron chi connectivity index (χ1n) is 11.3. The summed E-state index contributed by atoms with van der Waals surface area (Å²) in [6, 6.07) is 29.9. The molecule has 1 atom stereocenters. The molecule has 3 nitrogen and oxygen atoms in total. The number of fused-ring (bicyclic) bond motifs is 1. The van der Waals surface area contributed by atoms with Crippen LogP contribution in [0.2, 0.25) is 0 Å². The zero-order chi connectivity index (χ0) is 25.3. The molecule has 0 saturated heterocycles. The van der Waals surface area contributed by atoms with Crippen LogP contribution in [0.15, 0.2) is 97.2 Å².